The van der Waals surface area contributed by atoms with Crippen LogP contribution in [0.1, 0.15) is 0 Å². The van der Waals surface area contributed by atoms with Crippen molar-refractivity contribution in [3.05, 3.63) is 47.1 Å². The second-order valence-electron chi connectivity index (χ2n) is 3.29. The third-order valence-electron chi connectivity index (χ3n) is 1.99. The van der Waals surface area contributed by atoms with Crippen molar-refractivity contribution in [2.45, 2.75) is 4.21 Å². The molecule has 0 saturated carbocycles. The molecular formula is C10H6F3NO2S2. The van der Waals surface area contributed by atoms with Crippen molar-refractivity contribution < 1.29 is 21.6 Å². The van der Waals surface area contributed by atoms with Gasteiger partial charge in [-0.2, -0.15) is 4.39 Å². The van der Waals surface area contributed by atoms with Gasteiger partial charge in [0.25, 0.3) is 10.0 Å². The van der Waals surface area contributed by atoms with E-state index in [1.165, 1.54) is 0 Å². The van der Waals surface area contributed by atoms with Gasteiger partial charge in [-0.15, -0.1) is 0 Å². The summed E-state index contributed by atoms with van der Waals surface area (Å²) in [4.78, 5) is 0. The van der Waals surface area contributed by atoms with Gasteiger partial charge >= 0.3 is 0 Å². The van der Waals surface area contributed by atoms with E-state index in [0.717, 1.165) is 24.3 Å². The molecule has 0 atom stereocenters. The number of rotatable bonds is 3. The Hall–Kier alpha value is -1.54. The van der Waals surface area contributed by atoms with Crippen molar-refractivity contribution in [1.29, 1.82) is 0 Å². The Kier molecular flexibility index (Phi) is 3.31. The maximum atomic E-state index is 13.3. The second-order valence-corrected chi connectivity index (χ2v) is 6.23. The maximum absolute atomic E-state index is 13.3. The van der Waals surface area contributed by atoms with Crippen LogP contribution in [0.4, 0.5) is 18.9 Å². The van der Waals surface area contributed by atoms with E-state index < -0.39 is 32.5 Å². The summed E-state index contributed by atoms with van der Waals surface area (Å²) in [5.74, 6) is -1.87. The maximum Gasteiger partial charge on any atom is 0.271 e. The molecule has 0 amide bonds. The average Bonchev–Trinajstić information content (AvgIpc) is 2.70. The van der Waals surface area contributed by atoms with Crippen LogP contribution in [0.2, 0.25) is 0 Å². The molecule has 0 fully saturated rings. The quantitative estimate of drug-likeness (QED) is 0.945. The normalized spacial score (nSPS) is 11.5. The fraction of sp³-hybridized carbons (Fsp3) is 0. The molecule has 0 aliphatic carbocycles. The van der Waals surface area contributed by atoms with Gasteiger partial charge < -0.3 is 0 Å². The largest absolute Gasteiger partial charge is 0.276 e. The molecule has 1 aromatic heterocycles. The van der Waals surface area contributed by atoms with E-state index in [0.29, 0.717) is 17.4 Å². The van der Waals surface area contributed by atoms with E-state index >= 15 is 0 Å². The third kappa shape index (κ3) is 2.65. The molecule has 18 heavy (non-hydrogen) atoms. The van der Waals surface area contributed by atoms with Crippen molar-refractivity contribution in [2.24, 2.45) is 0 Å². The Balaban J connectivity index is 2.33. The number of halogens is 3. The summed E-state index contributed by atoms with van der Waals surface area (Å²) in [5, 5.41) is -0.671. The molecule has 0 aliphatic heterocycles. The molecule has 8 heteroatoms. The lowest BCUT2D eigenvalue weighted by molar-refractivity contribution is 0.583. The fourth-order valence-electron chi connectivity index (χ4n) is 1.21. The number of nitrogens with one attached hydrogen (secondary N) is 1. The SMILES string of the molecule is O=S(=O)(Nc1ccc(F)cc1F)c1ccc(F)s1. The number of benzene rings is 1. The highest BCUT2D eigenvalue weighted by atomic mass is 32.2. The van der Waals surface area contributed by atoms with Gasteiger partial charge in [-0.25, -0.2) is 17.2 Å². The van der Waals surface area contributed by atoms with Crippen LogP contribution in [0.3, 0.4) is 0 Å². The topological polar surface area (TPSA) is 46.2 Å². The Morgan fingerprint density at radius 3 is 2.33 bits per heavy atom. The van der Waals surface area contributed by atoms with E-state index in [2.05, 4.69) is 0 Å². The number of sulfonamides is 1. The lowest BCUT2D eigenvalue weighted by Gasteiger charge is -2.06. The van der Waals surface area contributed by atoms with Crippen LogP contribution in [0.25, 0.3) is 0 Å². The zero-order valence-corrected chi connectivity index (χ0v) is 10.3. The van der Waals surface area contributed by atoms with Crippen molar-refractivity contribution >= 4 is 27.0 Å². The molecule has 1 aromatic carbocycles. The zero-order valence-electron chi connectivity index (χ0n) is 8.65. The Morgan fingerprint density at radius 2 is 1.78 bits per heavy atom. The first-order chi connectivity index (χ1) is 8.38. The lowest BCUT2D eigenvalue weighted by atomic mass is 10.3. The minimum absolute atomic E-state index is 0.288. The van der Waals surface area contributed by atoms with Gasteiger partial charge in [0.15, 0.2) is 5.13 Å². The van der Waals surface area contributed by atoms with Gasteiger partial charge in [0.2, 0.25) is 0 Å². The van der Waals surface area contributed by atoms with E-state index in [1.807, 2.05) is 4.72 Å². The molecule has 0 saturated heterocycles. The molecule has 1 N–H and O–H groups in total. The summed E-state index contributed by atoms with van der Waals surface area (Å²) >= 11 is 0.409. The van der Waals surface area contributed by atoms with Crippen molar-refractivity contribution in [2.75, 3.05) is 4.72 Å². The Morgan fingerprint density at radius 1 is 1.06 bits per heavy atom. The first-order valence-corrected chi connectivity index (χ1v) is 6.92. The molecule has 1 heterocycles. The highest BCUT2D eigenvalue weighted by Crippen LogP contribution is 2.24. The van der Waals surface area contributed by atoms with Gasteiger partial charge in [-0.3, -0.25) is 4.72 Å². The van der Waals surface area contributed by atoms with Gasteiger partial charge in [-0.05, 0) is 24.3 Å². The lowest BCUT2D eigenvalue weighted by Crippen LogP contribution is -2.12. The predicted molar refractivity (Wildman–Crippen MR) is 61.4 cm³/mol. The smallest absolute Gasteiger partial charge is 0.271 e. The summed E-state index contributed by atoms with van der Waals surface area (Å²) in [6.07, 6.45) is 0. The highest BCUT2D eigenvalue weighted by molar-refractivity contribution is 7.94. The van der Waals surface area contributed by atoms with E-state index in [-0.39, 0.29) is 4.21 Å². The number of thiophene rings is 1. The van der Waals surface area contributed by atoms with Gasteiger partial charge in [0.05, 0.1) is 5.69 Å². The van der Waals surface area contributed by atoms with Crippen LogP contribution in [-0.2, 0) is 10.0 Å². The number of hydrogen-bond donors (Lipinski definition) is 1. The highest BCUT2D eigenvalue weighted by Gasteiger charge is 2.19. The average molecular weight is 293 g/mol. The van der Waals surface area contributed by atoms with Crippen molar-refractivity contribution in [1.82, 2.24) is 0 Å². The molecule has 96 valence electrons. The van der Waals surface area contributed by atoms with Gasteiger partial charge in [0, 0.05) is 6.07 Å². The van der Waals surface area contributed by atoms with E-state index in [1.54, 1.807) is 0 Å². The molecule has 2 rings (SSSR count). The van der Waals surface area contributed by atoms with Crippen LogP contribution in [-0.4, -0.2) is 8.42 Å². The predicted octanol–water partition coefficient (Wildman–Crippen LogP) is 2.97. The fourth-order valence-corrected chi connectivity index (χ4v) is 3.28. The minimum Gasteiger partial charge on any atom is -0.276 e. The van der Waals surface area contributed by atoms with Crippen molar-refractivity contribution in [3.63, 3.8) is 0 Å². The summed E-state index contributed by atoms with van der Waals surface area (Å²) in [6.45, 7) is 0. The Bertz CT molecular complexity index is 682. The molecular weight excluding hydrogens is 287 g/mol. The van der Waals surface area contributed by atoms with E-state index in [9.17, 15) is 21.6 Å². The molecule has 0 spiro atoms. The number of anilines is 1. The molecule has 2 aromatic rings. The molecule has 0 radical (unpaired) electrons. The van der Waals surface area contributed by atoms with Crippen LogP contribution < -0.4 is 4.72 Å². The van der Waals surface area contributed by atoms with Crippen LogP contribution in [0.5, 0.6) is 0 Å². The summed E-state index contributed by atoms with van der Waals surface area (Å²) in [6, 6.07) is 4.46. The number of hydrogen-bond acceptors (Lipinski definition) is 3. The van der Waals surface area contributed by atoms with Crippen molar-refractivity contribution in [3.8, 4) is 0 Å². The molecule has 0 unspecified atom stereocenters. The van der Waals surface area contributed by atoms with Crippen LogP contribution in [0, 0.1) is 16.8 Å². The van der Waals surface area contributed by atoms with Gasteiger partial charge in [0.1, 0.15) is 15.8 Å². The minimum atomic E-state index is -4.06. The van der Waals surface area contributed by atoms with Gasteiger partial charge in [-0.1, -0.05) is 11.3 Å². The molecule has 3 nitrogen and oxygen atoms in total. The monoisotopic (exact) mass is 293 g/mol. The van der Waals surface area contributed by atoms with E-state index in [4.69, 9.17) is 0 Å². The Labute approximate surface area is 105 Å². The zero-order chi connectivity index (χ0) is 13.3. The summed E-state index contributed by atoms with van der Waals surface area (Å²) in [5.41, 5.74) is -0.398. The third-order valence-corrected chi connectivity index (χ3v) is 4.72. The van der Waals surface area contributed by atoms with Crippen LogP contribution in [0.15, 0.2) is 34.5 Å². The molecule has 0 bridgehead atoms. The first-order valence-electron chi connectivity index (χ1n) is 4.62. The summed E-state index contributed by atoms with van der Waals surface area (Å²) < 4.78 is 63.7. The van der Waals surface area contributed by atoms with Crippen LogP contribution >= 0.6 is 11.3 Å². The summed E-state index contributed by atoms with van der Waals surface area (Å²) in [7, 11) is -4.06. The second kappa shape index (κ2) is 4.62. The first kappa shape index (κ1) is 12.9. The standard InChI is InChI=1S/C10H6F3NO2S2/c11-6-1-2-8(7(12)5-6)14-18(15,16)10-4-3-9(13)17-10/h1-5,14H. The molecule has 0 aliphatic rings.